The Morgan fingerprint density at radius 2 is 1.51 bits per heavy atom. The fraction of sp³-hybridized carbons (Fsp3) is 0.938. The molecule has 5 heteroatoms. The van der Waals surface area contributed by atoms with E-state index in [-0.39, 0.29) is 56.8 Å². The number of aliphatic hydroxyl groups excluding tert-OH is 1. The van der Waals surface area contributed by atoms with Gasteiger partial charge in [-0.1, -0.05) is 55.4 Å². The molecule has 5 fully saturated rings. The second kappa shape index (κ2) is 7.83. The number of hydrogen-bond donors (Lipinski definition) is 2. The third kappa shape index (κ3) is 3.28. The van der Waals surface area contributed by atoms with Gasteiger partial charge in [-0.2, -0.15) is 0 Å². The molecule has 5 rings (SSSR count). The standard InChI is InChI=1S/C32H52O5/c1-19(33)37-25-11-12-29(7)20(27(25,4)5)10-13-30(8)21(29)16-23(34)32(36)22-17-26(2,3)14-15-28(22,6)18-24(35)31(30,32)9/h20-22,24-25,35-36H,10-18H2,1-9H3. The molecule has 0 aromatic heterocycles. The molecule has 0 amide bonds. The Labute approximate surface area is 224 Å². The molecule has 0 saturated heterocycles. The van der Waals surface area contributed by atoms with Gasteiger partial charge in [-0.05, 0) is 84.9 Å². The molecule has 5 nitrogen and oxygen atoms in total. The number of rotatable bonds is 1. The average Bonchev–Trinajstić information content (AvgIpc) is 2.77. The molecule has 0 bridgehead atoms. The highest BCUT2D eigenvalue weighted by atomic mass is 16.5. The molecule has 10 unspecified atom stereocenters. The Morgan fingerprint density at radius 3 is 2.14 bits per heavy atom. The molecule has 0 radical (unpaired) electrons. The fourth-order valence-corrected chi connectivity index (χ4v) is 11.5. The lowest BCUT2D eigenvalue weighted by molar-refractivity contribution is -0.320. The molecule has 5 aliphatic rings. The number of fused-ring (bicyclic) bond motifs is 7. The molecule has 0 spiro atoms. The second-order valence-corrected chi connectivity index (χ2v) is 16.4. The van der Waals surface area contributed by atoms with Gasteiger partial charge in [-0.3, -0.25) is 9.59 Å². The van der Waals surface area contributed by atoms with Crippen LogP contribution in [0.5, 0.6) is 0 Å². The van der Waals surface area contributed by atoms with Crippen LogP contribution in [-0.4, -0.2) is 39.8 Å². The Hall–Kier alpha value is -0.940. The van der Waals surface area contributed by atoms with Gasteiger partial charge < -0.3 is 14.9 Å². The molecule has 210 valence electrons. The average molecular weight is 517 g/mol. The van der Waals surface area contributed by atoms with Crippen molar-refractivity contribution in [2.75, 3.05) is 0 Å². The Balaban J connectivity index is 1.60. The van der Waals surface area contributed by atoms with E-state index in [4.69, 9.17) is 4.74 Å². The summed E-state index contributed by atoms with van der Waals surface area (Å²) in [5.41, 5.74) is -3.27. The number of aliphatic hydroxyl groups is 2. The summed E-state index contributed by atoms with van der Waals surface area (Å²) in [6.07, 6.45) is 6.53. The van der Waals surface area contributed by atoms with E-state index in [9.17, 15) is 19.8 Å². The molecule has 0 aromatic rings. The number of esters is 1. The summed E-state index contributed by atoms with van der Waals surface area (Å²) in [7, 11) is 0. The first kappa shape index (κ1) is 27.6. The Kier molecular flexibility index (Phi) is 5.85. The minimum Gasteiger partial charge on any atom is -0.462 e. The number of carbonyl (C=O) groups is 2. The molecule has 10 atom stereocenters. The van der Waals surface area contributed by atoms with Gasteiger partial charge >= 0.3 is 5.97 Å². The van der Waals surface area contributed by atoms with E-state index in [1.807, 2.05) is 0 Å². The molecular formula is C32H52O5. The van der Waals surface area contributed by atoms with E-state index >= 15 is 0 Å². The van der Waals surface area contributed by atoms with Gasteiger partial charge in [0.1, 0.15) is 11.7 Å². The van der Waals surface area contributed by atoms with Crippen molar-refractivity contribution in [1.29, 1.82) is 0 Å². The highest BCUT2D eigenvalue weighted by Crippen LogP contribution is 2.77. The van der Waals surface area contributed by atoms with Crippen molar-refractivity contribution in [1.82, 2.24) is 0 Å². The lowest BCUT2D eigenvalue weighted by Gasteiger charge is -2.75. The van der Waals surface area contributed by atoms with Gasteiger partial charge in [0, 0.05) is 30.1 Å². The molecule has 0 aliphatic heterocycles. The number of ketones is 1. The first-order valence-corrected chi connectivity index (χ1v) is 14.9. The van der Waals surface area contributed by atoms with Crippen LogP contribution in [-0.2, 0) is 14.3 Å². The van der Waals surface area contributed by atoms with Crippen LogP contribution in [0, 0.1) is 50.2 Å². The van der Waals surface area contributed by atoms with Gasteiger partial charge in [0.15, 0.2) is 5.78 Å². The molecule has 37 heavy (non-hydrogen) atoms. The zero-order valence-electron chi connectivity index (χ0n) is 24.9. The summed E-state index contributed by atoms with van der Waals surface area (Å²) in [4.78, 5) is 26.4. The predicted molar refractivity (Wildman–Crippen MR) is 144 cm³/mol. The third-order valence-corrected chi connectivity index (χ3v) is 13.9. The zero-order valence-corrected chi connectivity index (χ0v) is 24.9. The van der Waals surface area contributed by atoms with Crippen molar-refractivity contribution in [2.24, 2.45) is 50.2 Å². The largest absolute Gasteiger partial charge is 0.462 e. The Morgan fingerprint density at radius 1 is 0.865 bits per heavy atom. The summed E-state index contributed by atoms with van der Waals surface area (Å²) in [5, 5.41) is 24.9. The molecule has 0 aromatic carbocycles. The maximum Gasteiger partial charge on any atom is 0.302 e. The van der Waals surface area contributed by atoms with Crippen LogP contribution in [0.1, 0.15) is 120 Å². The highest BCUT2D eigenvalue weighted by Gasteiger charge is 2.79. The summed E-state index contributed by atoms with van der Waals surface area (Å²) in [6, 6.07) is 0. The van der Waals surface area contributed by atoms with Crippen molar-refractivity contribution in [3.05, 3.63) is 0 Å². The van der Waals surface area contributed by atoms with Crippen LogP contribution in [0.2, 0.25) is 0 Å². The third-order valence-electron chi connectivity index (χ3n) is 13.9. The van der Waals surface area contributed by atoms with Crippen molar-refractivity contribution in [3.8, 4) is 0 Å². The minimum atomic E-state index is -1.52. The molecule has 5 saturated carbocycles. The summed E-state index contributed by atoms with van der Waals surface area (Å²) in [5.74, 6) is -0.0179. The molecule has 2 N–H and O–H groups in total. The fourth-order valence-electron chi connectivity index (χ4n) is 11.5. The van der Waals surface area contributed by atoms with E-state index < -0.39 is 17.1 Å². The summed E-state index contributed by atoms with van der Waals surface area (Å²) < 4.78 is 5.83. The summed E-state index contributed by atoms with van der Waals surface area (Å²) >= 11 is 0. The van der Waals surface area contributed by atoms with Crippen molar-refractivity contribution < 1.29 is 24.5 Å². The van der Waals surface area contributed by atoms with Crippen molar-refractivity contribution in [2.45, 2.75) is 138 Å². The van der Waals surface area contributed by atoms with Gasteiger partial charge in [0.2, 0.25) is 0 Å². The first-order valence-electron chi connectivity index (χ1n) is 14.9. The van der Waals surface area contributed by atoms with E-state index in [1.165, 1.54) is 6.92 Å². The van der Waals surface area contributed by atoms with E-state index in [0.717, 1.165) is 44.9 Å². The molecule has 0 heterocycles. The van der Waals surface area contributed by atoms with Gasteiger partial charge in [0.25, 0.3) is 0 Å². The highest BCUT2D eigenvalue weighted by molar-refractivity contribution is 5.91. The van der Waals surface area contributed by atoms with E-state index in [1.54, 1.807) is 0 Å². The van der Waals surface area contributed by atoms with Crippen LogP contribution in [0.15, 0.2) is 0 Å². The van der Waals surface area contributed by atoms with Gasteiger partial charge in [-0.25, -0.2) is 0 Å². The quantitative estimate of drug-likeness (QED) is 0.412. The molecular weight excluding hydrogens is 464 g/mol. The number of carbonyl (C=O) groups excluding carboxylic acids is 2. The SMILES string of the molecule is CC(=O)OC1CCC2(C)C(CCC3(C)C2CC(=O)C2(O)C4CC(C)(C)CCC4(C)CC(O)C32C)C1(C)C. The maximum atomic E-state index is 14.5. The van der Waals surface area contributed by atoms with Crippen LogP contribution in [0.3, 0.4) is 0 Å². The monoisotopic (exact) mass is 516 g/mol. The molecule has 5 aliphatic carbocycles. The first-order chi connectivity index (χ1) is 16.8. The van der Waals surface area contributed by atoms with Crippen molar-refractivity contribution in [3.63, 3.8) is 0 Å². The van der Waals surface area contributed by atoms with Crippen molar-refractivity contribution >= 4 is 11.8 Å². The van der Waals surface area contributed by atoms with Gasteiger partial charge in [0.05, 0.1) is 6.10 Å². The maximum absolute atomic E-state index is 14.5. The normalized spacial score (nSPS) is 54.2. The lowest BCUT2D eigenvalue weighted by Crippen LogP contribution is -2.80. The number of hydrogen-bond acceptors (Lipinski definition) is 5. The lowest BCUT2D eigenvalue weighted by atomic mass is 9.29. The zero-order chi connectivity index (χ0) is 27.6. The summed E-state index contributed by atoms with van der Waals surface area (Å²) in [6.45, 7) is 19.4. The van der Waals surface area contributed by atoms with Crippen LogP contribution < -0.4 is 0 Å². The predicted octanol–water partition coefficient (Wildman–Crippen LogP) is 6.08. The van der Waals surface area contributed by atoms with E-state index in [0.29, 0.717) is 18.8 Å². The van der Waals surface area contributed by atoms with Gasteiger partial charge in [-0.15, -0.1) is 0 Å². The van der Waals surface area contributed by atoms with Crippen LogP contribution >= 0.6 is 0 Å². The topological polar surface area (TPSA) is 83.8 Å². The number of Topliss-reactive ketones (excluding diaryl/α,β-unsaturated/α-hetero) is 1. The number of ether oxygens (including phenoxy) is 1. The van der Waals surface area contributed by atoms with E-state index in [2.05, 4.69) is 55.4 Å². The van der Waals surface area contributed by atoms with Crippen LogP contribution in [0.4, 0.5) is 0 Å². The second-order valence-electron chi connectivity index (χ2n) is 16.4. The smallest absolute Gasteiger partial charge is 0.302 e. The Bertz CT molecular complexity index is 1000. The minimum absolute atomic E-state index is 0.0352. The van der Waals surface area contributed by atoms with Crippen LogP contribution in [0.25, 0.3) is 0 Å².